The van der Waals surface area contributed by atoms with Crippen LogP contribution < -0.4 is 10.6 Å². The van der Waals surface area contributed by atoms with E-state index in [0.29, 0.717) is 5.56 Å². The number of aryl methyl sites for hydroxylation is 1. The van der Waals surface area contributed by atoms with Crippen molar-refractivity contribution in [2.45, 2.75) is 38.3 Å². The van der Waals surface area contributed by atoms with E-state index >= 15 is 0 Å². The van der Waals surface area contributed by atoms with Crippen LogP contribution in [0.5, 0.6) is 0 Å². The predicted molar refractivity (Wildman–Crippen MR) is 105 cm³/mol. The molecule has 0 fully saturated rings. The van der Waals surface area contributed by atoms with Gasteiger partial charge in [0, 0.05) is 5.56 Å². The first kappa shape index (κ1) is 19.6. The summed E-state index contributed by atoms with van der Waals surface area (Å²) < 4.78 is 5.16. The van der Waals surface area contributed by atoms with Gasteiger partial charge in [-0.25, -0.2) is 0 Å². The summed E-state index contributed by atoms with van der Waals surface area (Å²) in [6.07, 6.45) is 1.93. The zero-order chi connectivity index (χ0) is 19.9. The molecule has 0 radical (unpaired) electrons. The molecule has 6 heteroatoms. The molecule has 2 aromatic rings. The summed E-state index contributed by atoms with van der Waals surface area (Å²) in [5.74, 6) is -1.37. The van der Waals surface area contributed by atoms with Gasteiger partial charge >= 0.3 is 5.97 Å². The molecule has 2 N–H and O–H groups in total. The lowest BCUT2D eigenvalue weighted by Gasteiger charge is -2.27. The van der Waals surface area contributed by atoms with Crippen molar-refractivity contribution in [1.82, 2.24) is 10.6 Å². The standard InChI is InChI=1S/C22H24N2O4/c1-15(28-20(25)14-23-22(27)17-9-3-2-4-10-17)21(26)24-19-13-7-11-16-8-5-6-12-18(16)19/h2-6,8-10,12,15,19H,7,11,13-14H2,1H3,(H,23,27)(H,24,26)/t15-,19+/m1/s1. The molecule has 28 heavy (non-hydrogen) atoms. The Bertz CT molecular complexity index is 851. The monoisotopic (exact) mass is 380 g/mol. The van der Waals surface area contributed by atoms with E-state index in [2.05, 4.69) is 16.7 Å². The van der Waals surface area contributed by atoms with E-state index in [9.17, 15) is 14.4 Å². The largest absolute Gasteiger partial charge is 0.451 e. The van der Waals surface area contributed by atoms with Crippen LogP contribution >= 0.6 is 0 Å². The molecule has 0 spiro atoms. The Morgan fingerprint density at radius 1 is 1.07 bits per heavy atom. The smallest absolute Gasteiger partial charge is 0.326 e. The molecule has 0 heterocycles. The maximum absolute atomic E-state index is 12.4. The van der Waals surface area contributed by atoms with E-state index in [1.165, 1.54) is 12.5 Å². The highest BCUT2D eigenvalue weighted by Gasteiger charge is 2.25. The third kappa shape index (κ3) is 4.97. The van der Waals surface area contributed by atoms with E-state index in [1.807, 2.05) is 18.2 Å². The van der Waals surface area contributed by atoms with E-state index in [1.54, 1.807) is 30.3 Å². The van der Waals surface area contributed by atoms with Crippen LogP contribution in [0.15, 0.2) is 54.6 Å². The number of fused-ring (bicyclic) bond motifs is 1. The Balaban J connectivity index is 1.48. The van der Waals surface area contributed by atoms with Gasteiger partial charge in [-0.15, -0.1) is 0 Å². The Kier molecular flexibility index (Phi) is 6.42. The first-order valence-corrected chi connectivity index (χ1v) is 9.45. The van der Waals surface area contributed by atoms with Crippen molar-refractivity contribution < 1.29 is 19.1 Å². The molecular formula is C22H24N2O4. The SMILES string of the molecule is C[C@@H](OC(=O)CNC(=O)c1ccccc1)C(=O)N[C@H]1CCCc2ccccc21. The number of nitrogens with one attached hydrogen (secondary N) is 2. The molecule has 3 rings (SSSR count). The fourth-order valence-electron chi connectivity index (χ4n) is 3.33. The summed E-state index contributed by atoms with van der Waals surface area (Å²) in [5.41, 5.74) is 2.82. The molecule has 2 amide bonds. The summed E-state index contributed by atoms with van der Waals surface area (Å²) in [6.45, 7) is 1.23. The lowest BCUT2D eigenvalue weighted by atomic mass is 9.87. The summed E-state index contributed by atoms with van der Waals surface area (Å²) in [6, 6.07) is 16.6. The van der Waals surface area contributed by atoms with Crippen LogP contribution in [0.2, 0.25) is 0 Å². The van der Waals surface area contributed by atoms with E-state index in [4.69, 9.17) is 4.74 Å². The number of hydrogen-bond donors (Lipinski definition) is 2. The molecular weight excluding hydrogens is 356 g/mol. The number of carbonyl (C=O) groups is 3. The molecule has 0 unspecified atom stereocenters. The first-order chi connectivity index (χ1) is 13.5. The molecule has 0 saturated carbocycles. The Labute approximate surface area is 164 Å². The highest BCUT2D eigenvalue weighted by atomic mass is 16.5. The van der Waals surface area contributed by atoms with Crippen LogP contribution in [0.25, 0.3) is 0 Å². The van der Waals surface area contributed by atoms with Crippen molar-refractivity contribution in [2.24, 2.45) is 0 Å². The van der Waals surface area contributed by atoms with Crippen LogP contribution in [0.4, 0.5) is 0 Å². The normalized spacial score (nSPS) is 16.4. The summed E-state index contributed by atoms with van der Waals surface area (Å²) in [4.78, 5) is 36.4. The van der Waals surface area contributed by atoms with Gasteiger partial charge in [-0.2, -0.15) is 0 Å². The second kappa shape index (κ2) is 9.17. The fourth-order valence-corrected chi connectivity index (χ4v) is 3.33. The van der Waals surface area contributed by atoms with Crippen LogP contribution in [-0.2, 0) is 20.7 Å². The number of rotatable bonds is 6. The lowest BCUT2D eigenvalue weighted by Crippen LogP contribution is -2.41. The molecule has 0 bridgehead atoms. The average Bonchev–Trinajstić information content (AvgIpc) is 2.73. The molecule has 2 atom stereocenters. The van der Waals surface area contributed by atoms with Crippen LogP contribution in [0, 0.1) is 0 Å². The van der Waals surface area contributed by atoms with Gasteiger partial charge in [-0.3, -0.25) is 14.4 Å². The minimum atomic E-state index is -0.935. The highest BCUT2D eigenvalue weighted by Crippen LogP contribution is 2.29. The van der Waals surface area contributed by atoms with Crippen molar-refractivity contribution >= 4 is 17.8 Å². The Morgan fingerprint density at radius 2 is 1.79 bits per heavy atom. The van der Waals surface area contributed by atoms with Crippen molar-refractivity contribution in [3.8, 4) is 0 Å². The molecule has 2 aromatic carbocycles. The number of benzene rings is 2. The Morgan fingerprint density at radius 3 is 2.57 bits per heavy atom. The third-order valence-corrected chi connectivity index (χ3v) is 4.79. The van der Waals surface area contributed by atoms with Gasteiger partial charge in [0.1, 0.15) is 6.54 Å². The summed E-state index contributed by atoms with van der Waals surface area (Å²) in [7, 11) is 0. The zero-order valence-electron chi connectivity index (χ0n) is 15.8. The van der Waals surface area contributed by atoms with E-state index < -0.39 is 12.1 Å². The van der Waals surface area contributed by atoms with Crippen molar-refractivity contribution in [2.75, 3.05) is 6.54 Å². The maximum atomic E-state index is 12.4. The van der Waals surface area contributed by atoms with Gasteiger partial charge in [0.2, 0.25) is 0 Å². The van der Waals surface area contributed by atoms with Crippen LogP contribution in [0.3, 0.4) is 0 Å². The molecule has 1 aliphatic carbocycles. The van der Waals surface area contributed by atoms with Gasteiger partial charge in [0.05, 0.1) is 6.04 Å². The third-order valence-electron chi connectivity index (χ3n) is 4.79. The van der Waals surface area contributed by atoms with Gasteiger partial charge in [-0.05, 0) is 49.4 Å². The quantitative estimate of drug-likeness (QED) is 0.755. The van der Waals surface area contributed by atoms with Gasteiger partial charge < -0.3 is 15.4 Å². The predicted octanol–water partition coefficient (Wildman–Crippen LogP) is 2.54. The summed E-state index contributed by atoms with van der Waals surface area (Å²) >= 11 is 0. The molecule has 0 aromatic heterocycles. The second-order valence-electron chi connectivity index (χ2n) is 6.83. The van der Waals surface area contributed by atoms with Crippen molar-refractivity contribution in [3.63, 3.8) is 0 Å². The number of carbonyl (C=O) groups excluding carboxylic acids is 3. The van der Waals surface area contributed by atoms with Crippen molar-refractivity contribution in [1.29, 1.82) is 0 Å². The highest BCUT2D eigenvalue weighted by molar-refractivity contribution is 5.96. The zero-order valence-corrected chi connectivity index (χ0v) is 15.8. The molecule has 0 saturated heterocycles. The second-order valence-corrected chi connectivity index (χ2v) is 6.83. The summed E-state index contributed by atoms with van der Waals surface area (Å²) in [5, 5.41) is 5.46. The van der Waals surface area contributed by atoms with Crippen LogP contribution in [0.1, 0.15) is 47.3 Å². The maximum Gasteiger partial charge on any atom is 0.326 e. The molecule has 1 aliphatic rings. The number of ether oxygens (including phenoxy) is 1. The molecule has 0 aliphatic heterocycles. The first-order valence-electron chi connectivity index (χ1n) is 9.45. The molecule has 6 nitrogen and oxygen atoms in total. The van der Waals surface area contributed by atoms with E-state index in [-0.39, 0.29) is 24.4 Å². The minimum Gasteiger partial charge on any atom is -0.451 e. The van der Waals surface area contributed by atoms with Crippen LogP contribution in [-0.4, -0.2) is 30.4 Å². The Hall–Kier alpha value is -3.15. The van der Waals surface area contributed by atoms with Gasteiger partial charge in [0.25, 0.3) is 11.8 Å². The fraction of sp³-hybridized carbons (Fsp3) is 0.318. The van der Waals surface area contributed by atoms with Gasteiger partial charge in [-0.1, -0.05) is 42.5 Å². The topological polar surface area (TPSA) is 84.5 Å². The lowest BCUT2D eigenvalue weighted by molar-refractivity contribution is -0.154. The number of hydrogen-bond acceptors (Lipinski definition) is 4. The average molecular weight is 380 g/mol. The van der Waals surface area contributed by atoms with E-state index in [0.717, 1.165) is 24.8 Å². The molecule has 146 valence electrons. The number of amides is 2. The van der Waals surface area contributed by atoms with Gasteiger partial charge in [0.15, 0.2) is 6.10 Å². The van der Waals surface area contributed by atoms with Crippen molar-refractivity contribution in [3.05, 3.63) is 71.3 Å². The number of esters is 1. The minimum absolute atomic E-state index is 0.0728.